The minimum absolute atomic E-state index is 0. The summed E-state index contributed by atoms with van der Waals surface area (Å²) in [5.74, 6) is 3.10. The molecule has 0 atom stereocenters. The SMILES string of the molecule is CC(C)NC(=N)c1ccc(OCCCOc2cccc(-c3cc4ccc(C(=N)NC(C)C)cc4o3)c2)cc1.Cl.Cl. The Morgan fingerprint density at radius 3 is 1.98 bits per heavy atom. The molecule has 0 saturated carbocycles. The summed E-state index contributed by atoms with van der Waals surface area (Å²) < 4.78 is 17.9. The average molecular weight is 586 g/mol. The van der Waals surface area contributed by atoms with E-state index < -0.39 is 0 Å². The third-order valence-electron chi connectivity index (χ3n) is 5.76. The number of hydrogen-bond acceptors (Lipinski definition) is 5. The second-order valence-corrected chi connectivity index (χ2v) is 9.81. The second kappa shape index (κ2) is 15.2. The molecule has 0 aliphatic carbocycles. The minimum atomic E-state index is 0. The van der Waals surface area contributed by atoms with Gasteiger partial charge in [-0.1, -0.05) is 24.3 Å². The van der Waals surface area contributed by atoms with E-state index in [-0.39, 0.29) is 36.9 Å². The van der Waals surface area contributed by atoms with Gasteiger partial charge in [-0.15, -0.1) is 24.8 Å². The van der Waals surface area contributed by atoms with Crippen LogP contribution in [0.15, 0.2) is 77.2 Å². The van der Waals surface area contributed by atoms with Crippen LogP contribution in [0.25, 0.3) is 22.3 Å². The van der Waals surface area contributed by atoms with Crippen molar-refractivity contribution in [3.8, 4) is 22.8 Å². The van der Waals surface area contributed by atoms with Crippen molar-refractivity contribution in [1.82, 2.24) is 10.6 Å². The van der Waals surface area contributed by atoms with Crippen LogP contribution in [-0.4, -0.2) is 37.0 Å². The third kappa shape index (κ3) is 8.93. The maximum absolute atomic E-state index is 8.23. The predicted octanol–water partition coefficient (Wildman–Crippen LogP) is 7.44. The number of amidine groups is 2. The highest BCUT2D eigenvalue weighted by Crippen LogP contribution is 2.30. The zero-order chi connectivity index (χ0) is 27.1. The van der Waals surface area contributed by atoms with Gasteiger partial charge in [-0.05, 0) is 76.2 Å². The van der Waals surface area contributed by atoms with Crippen LogP contribution < -0.4 is 20.1 Å². The second-order valence-electron chi connectivity index (χ2n) is 9.81. The highest BCUT2D eigenvalue weighted by Gasteiger charge is 2.11. The van der Waals surface area contributed by atoms with Gasteiger partial charge in [0, 0.05) is 40.6 Å². The zero-order valence-electron chi connectivity index (χ0n) is 23.2. The molecule has 0 amide bonds. The minimum Gasteiger partial charge on any atom is -0.493 e. The molecule has 0 fully saturated rings. The molecule has 1 heterocycles. The number of rotatable bonds is 11. The van der Waals surface area contributed by atoms with Crippen molar-refractivity contribution in [3.63, 3.8) is 0 Å². The van der Waals surface area contributed by atoms with E-state index in [1.54, 1.807) is 0 Å². The van der Waals surface area contributed by atoms with E-state index >= 15 is 0 Å². The highest BCUT2D eigenvalue weighted by atomic mass is 35.5. The Hall–Kier alpha value is -3.68. The Labute approximate surface area is 248 Å². The van der Waals surface area contributed by atoms with Crippen molar-refractivity contribution in [3.05, 3.63) is 83.9 Å². The van der Waals surface area contributed by atoms with E-state index in [9.17, 15) is 0 Å². The molecule has 1 aromatic heterocycles. The Kier molecular flexibility index (Phi) is 12.4. The van der Waals surface area contributed by atoms with Crippen molar-refractivity contribution in [2.75, 3.05) is 13.2 Å². The number of nitrogens with one attached hydrogen (secondary N) is 4. The summed E-state index contributed by atoms with van der Waals surface area (Å²) in [6, 6.07) is 23.6. The van der Waals surface area contributed by atoms with E-state index in [2.05, 4.69) is 10.6 Å². The summed E-state index contributed by atoms with van der Waals surface area (Å²) in [7, 11) is 0. The molecule has 4 aromatic rings. The summed E-state index contributed by atoms with van der Waals surface area (Å²) in [6.45, 7) is 9.11. The predicted molar refractivity (Wildman–Crippen MR) is 168 cm³/mol. The molecular weight excluding hydrogens is 547 g/mol. The molecule has 0 aliphatic rings. The van der Waals surface area contributed by atoms with Crippen molar-refractivity contribution >= 4 is 47.5 Å². The molecule has 7 nitrogen and oxygen atoms in total. The Bertz CT molecular complexity index is 1400. The maximum Gasteiger partial charge on any atom is 0.135 e. The average Bonchev–Trinajstić information content (AvgIpc) is 3.32. The van der Waals surface area contributed by atoms with Crippen LogP contribution in [0.3, 0.4) is 0 Å². The summed E-state index contributed by atoms with van der Waals surface area (Å²) in [4.78, 5) is 0. The molecule has 0 saturated heterocycles. The lowest BCUT2D eigenvalue weighted by atomic mass is 10.1. The molecular formula is C31H38Cl2N4O3. The van der Waals surface area contributed by atoms with Crippen LogP contribution in [0.2, 0.25) is 0 Å². The molecule has 0 aliphatic heterocycles. The fourth-order valence-corrected chi connectivity index (χ4v) is 3.97. The lowest BCUT2D eigenvalue weighted by Gasteiger charge is -2.12. The van der Waals surface area contributed by atoms with Crippen LogP contribution in [0, 0.1) is 10.8 Å². The van der Waals surface area contributed by atoms with Crippen LogP contribution in [0.4, 0.5) is 0 Å². The van der Waals surface area contributed by atoms with Crippen LogP contribution in [0.5, 0.6) is 11.5 Å². The van der Waals surface area contributed by atoms with Gasteiger partial charge >= 0.3 is 0 Å². The quantitative estimate of drug-likeness (QED) is 0.0833. The number of ether oxygens (including phenoxy) is 2. The molecule has 0 bridgehead atoms. The Morgan fingerprint density at radius 2 is 1.32 bits per heavy atom. The van der Waals surface area contributed by atoms with E-state index in [1.165, 1.54) is 0 Å². The summed E-state index contributed by atoms with van der Waals surface area (Å²) in [5.41, 5.74) is 3.31. The normalized spacial score (nSPS) is 10.6. The van der Waals surface area contributed by atoms with Gasteiger partial charge < -0.3 is 24.5 Å². The standard InChI is InChI=1S/C31H36N4O3.2ClH/c1-20(2)34-30(32)22-11-13-26(14-12-22)36-15-6-16-37-27-8-5-7-23(17-27)28-18-24-9-10-25(19-29(24)38-28)31(33)35-21(3)4;;/h5,7-14,17-21H,6,15-16H2,1-4H3,(H2,32,34)(H2,33,35);2*1H. The Morgan fingerprint density at radius 1 is 0.725 bits per heavy atom. The first kappa shape index (κ1) is 32.5. The largest absolute Gasteiger partial charge is 0.493 e. The summed E-state index contributed by atoms with van der Waals surface area (Å²) in [6.07, 6.45) is 0.737. The molecule has 9 heteroatoms. The van der Waals surface area contributed by atoms with E-state index in [1.807, 2.05) is 100 Å². The first-order chi connectivity index (χ1) is 18.3. The molecule has 0 unspecified atom stereocenters. The molecule has 0 spiro atoms. The highest BCUT2D eigenvalue weighted by molar-refractivity contribution is 6.00. The van der Waals surface area contributed by atoms with Gasteiger partial charge in [-0.2, -0.15) is 0 Å². The fraction of sp³-hybridized carbons (Fsp3) is 0.290. The van der Waals surface area contributed by atoms with Crippen LogP contribution in [-0.2, 0) is 0 Å². The van der Waals surface area contributed by atoms with E-state index in [0.717, 1.165) is 51.3 Å². The van der Waals surface area contributed by atoms with Crippen LogP contribution in [0.1, 0.15) is 45.2 Å². The zero-order valence-corrected chi connectivity index (χ0v) is 24.9. The van der Waals surface area contributed by atoms with Gasteiger partial charge in [0.05, 0.1) is 13.2 Å². The molecule has 214 valence electrons. The Balaban J connectivity index is 0.00000280. The van der Waals surface area contributed by atoms with Gasteiger partial charge in [0.2, 0.25) is 0 Å². The number of fused-ring (bicyclic) bond motifs is 1. The molecule has 4 N–H and O–H groups in total. The lowest BCUT2D eigenvalue weighted by Crippen LogP contribution is -2.30. The maximum atomic E-state index is 8.23. The number of benzene rings is 3. The van der Waals surface area contributed by atoms with Gasteiger partial charge in [0.25, 0.3) is 0 Å². The third-order valence-corrected chi connectivity index (χ3v) is 5.76. The monoisotopic (exact) mass is 584 g/mol. The van der Waals surface area contributed by atoms with Crippen molar-refractivity contribution in [2.24, 2.45) is 0 Å². The molecule has 40 heavy (non-hydrogen) atoms. The van der Waals surface area contributed by atoms with Gasteiger partial charge in [0.1, 0.15) is 34.5 Å². The van der Waals surface area contributed by atoms with Crippen molar-refractivity contribution < 1.29 is 13.9 Å². The summed E-state index contributed by atoms with van der Waals surface area (Å²) >= 11 is 0. The van der Waals surface area contributed by atoms with Gasteiger partial charge in [-0.3, -0.25) is 10.8 Å². The summed E-state index contributed by atoms with van der Waals surface area (Å²) in [5, 5.41) is 23.5. The van der Waals surface area contributed by atoms with Crippen LogP contribution >= 0.6 is 24.8 Å². The van der Waals surface area contributed by atoms with Crippen molar-refractivity contribution in [2.45, 2.75) is 46.2 Å². The first-order valence-corrected chi connectivity index (χ1v) is 13.0. The lowest BCUT2D eigenvalue weighted by molar-refractivity contribution is 0.247. The number of hydrogen-bond donors (Lipinski definition) is 4. The van der Waals surface area contributed by atoms with E-state index in [0.29, 0.717) is 24.9 Å². The number of furan rings is 1. The van der Waals surface area contributed by atoms with Gasteiger partial charge in [-0.25, -0.2) is 0 Å². The smallest absolute Gasteiger partial charge is 0.135 e. The molecule has 3 aromatic carbocycles. The number of halogens is 2. The fourth-order valence-electron chi connectivity index (χ4n) is 3.97. The molecule has 4 rings (SSSR count). The molecule has 0 radical (unpaired) electrons. The van der Waals surface area contributed by atoms with Crippen molar-refractivity contribution in [1.29, 1.82) is 10.8 Å². The van der Waals surface area contributed by atoms with E-state index in [4.69, 9.17) is 24.7 Å². The topological polar surface area (TPSA) is 103 Å². The first-order valence-electron chi connectivity index (χ1n) is 13.0. The van der Waals surface area contributed by atoms with Gasteiger partial charge in [0.15, 0.2) is 0 Å².